The summed E-state index contributed by atoms with van der Waals surface area (Å²) in [4.78, 5) is 27.0. The molecule has 3 heterocycles. The molecule has 1 amide bonds. The molecule has 4 rings (SSSR count). The molecule has 6 nitrogen and oxygen atoms in total. The van der Waals surface area contributed by atoms with Gasteiger partial charge < -0.3 is 5.32 Å². The number of hydrogen-bond donors (Lipinski definition) is 1. The van der Waals surface area contributed by atoms with E-state index in [1.807, 2.05) is 49.4 Å². The Kier molecular flexibility index (Phi) is 9.08. The minimum atomic E-state index is -4.78. The normalized spacial score (nSPS) is 11.8. The zero-order valence-corrected chi connectivity index (χ0v) is 22.8. The smallest absolute Gasteiger partial charge is 0.351 e. The first-order valence-corrected chi connectivity index (χ1v) is 13.5. The Morgan fingerprint density at radius 1 is 1.08 bits per heavy atom. The van der Waals surface area contributed by atoms with Crippen molar-refractivity contribution in [2.45, 2.75) is 46.0 Å². The first-order chi connectivity index (χ1) is 18.7. The van der Waals surface area contributed by atoms with Crippen molar-refractivity contribution >= 4 is 17.2 Å². The van der Waals surface area contributed by atoms with Crippen LogP contribution in [0.2, 0.25) is 0 Å². The number of aromatic nitrogens is 3. The van der Waals surface area contributed by atoms with Gasteiger partial charge in [-0.2, -0.15) is 13.2 Å². The topological polar surface area (TPSA) is 71.0 Å². The van der Waals surface area contributed by atoms with Crippen LogP contribution in [0.3, 0.4) is 0 Å². The van der Waals surface area contributed by atoms with Crippen molar-refractivity contribution in [3.05, 3.63) is 88.8 Å². The van der Waals surface area contributed by atoms with E-state index >= 15 is 0 Å². The maximum absolute atomic E-state index is 13.9. The van der Waals surface area contributed by atoms with Gasteiger partial charge in [-0.05, 0) is 61.2 Å². The number of carbonyl (C=O) groups is 1. The predicted molar refractivity (Wildman–Crippen MR) is 147 cm³/mol. The van der Waals surface area contributed by atoms with E-state index < -0.39 is 22.7 Å². The summed E-state index contributed by atoms with van der Waals surface area (Å²) in [6.45, 7) is 7.60. The summed E-state index contributed by atoms with van der Waals surface area (Å²) in [5.41, 5.74) is 2.81. The quantitative estimate of drug-likeness (QED) is 0.243. The Labute approximate surface area is 230 Å². The fourth-order valence-corrected chi connectivity index (χ4v) is 5.28. The van der Waals surface area contributed by atoms with Gasteiger partial charge in [0.15, 0.2) is 5.69 Å². The summed E-state index contributed by atoms with van der Waals surface area (Å²) >= 11 is 0.720. The van der Waals surface area contributed by atoms with Gasteiger partial charge in [-0.1, -0.05) is 43.3 Å². The van der Waals surface area contributed by atoms with Crippen LogP contribution in [-0.4, -0.2) is 44.9 Å². The zero-order chi connectivity index (χ0) is 28.0. The number of amides is 1. The molecule has 1 aromatic carbocycles. The average molecular weight is 554 g/mol. The molecule has 0 aliphatic heterocycles. The van der Waals surface area contributed by atoms with Crippen molar-refractivity contribution in [1.82, 2.24) is 25.2 Å². The number of hydrogen-bond acceptors (Lipinski definition) is 6. The summed E-state index contributed by atoms with van der Waals surface area (Å²) in [5, 5.41) is 2.72. The Bertz CT molecular complexity index is 1410. The van der Waals surface area contributed by atoms with E-state index in [-0.39, 0.29) is 17.6 Å². The molecule has 4 aromatic rings. The van der Waals surface area contributed by atoms with Crippen LogP contribution in [0.1, 0.15) is 47.3 Å². The van der Waals surface area contributed by atoms with Crippen LogP contribution in [0.4, 0.5) is 13.2 Å². The number of thiazole rings is 1. The van der Waals surface area contributed by atoms with Gasteiger partial charge in [0.2, 0.25) is 0 Å². The molecule has 0 radical (unpaired) electrons. The van der Waals surface area contributed by atoms with Gasteiger partial charge in [0, 0.05) is 37.7 Å². The number of nitrogens with zero attached hydrogens (tertiary/aromatic N) is 4. The second-order valence-electron chi connectivity index (χ2n) is 9.31. The molecular formula is C29H30F3N5OS. The number of nitrogens with one attached hydrogen (secondary N) is 1. The minimum absolute atomic E-state index is 0.0760. The molecule has 0 saturated heterocycles. The highest BCUT2D eigenvalue weighted by Gasteiger charge is 2.40. The maximum atomic E-state index is 13.9. The molecule has 0 atom stereocenters. The Balaban J connectivity index is 1.53. The summed E-state index contributed by atoms with van der Waals surface area (Å²) in [6, 6.07) is 15.4. The molecule has 0 bridgehead atoms. The van der Waals surface area contributed by atoms with Crippen molar-refractivity contribution in [2.24, 2.45) is 0 Å². The molecule has 0 saturated carbocycles. The van der Waals surface area contributed by atoms with Crippen molar-refractivity contribution in [3.63, 3.8) is 0 Å². The van der Waals surface area contributed by atoms with E-state index in [1.165, 1.54) is 6.20 Å². The molecule has 204 valence electrons. The molecule has 10 heteroatoms. The highest BCUT2D eigenvalue weighted by Crippen LogP contribution is 2.38. The van der Waals surface area contributed by atoms with Crippen LogP contribution in [0.15, 0.2) is 67.1 Å². The molecule has 0 spiro atoms. The standard InChI is InChI=1S/C29H30F3N5OS/c1-4-37(19(2)3)18-23-11-7-14-34-24(23)28-36-26(29(30,31)32)25(39-28)27(38)35-15-12-20-8-5-9-21(16-20)22-10-6-13-33-17-22/h5-11,13-14,16-17,19H,4,12,15,18H2,1-3H3,(H,35,38). The Morgan fingerprint density at radius 2 is 1.85 bits per heavy atom. The van der Waals surface area contributed by atoms with E-state index in [1.54, 1.807) is 18.5 Å². The summed E-state index contributed by atoms with van der Waals surface area (Å²) < 4.78 is 41.8. The van der Waals surface area contributed by atoms with Gasteiger partial charge in [0.1, 0.15) is 15.6 Å². The number of halogens is 3. The van der Waals surface area contributed by atoms with Crippen LogP contribution in [0.25, 0.3) is 21.8 Å². The highest BCUT2D eigenvalue weighted by atomic mass is 32.1. The van der Waals surface area contributed by atoms with Gasteiger partial charge in [-0.25, -0.2) is 4.98 Å². The lowest BCUT2D eigenvalue weighted by Gasteiger charge is -2.25. The summed E-state index contributed by atoms with van der Waals surface area (Å²) in [5.74, 6) is -0.802. The van der Waals surface area contributed by atoms with Crippen LogP contribution in [0, 0.1) is 0 Å². The molecule has 0 aliphatic rings. The fourth-order valence-electron chi connectivity index (χ4n) is 4.25. The molecule has 3 aromatic heterocycles. The zero-order valence-electron chi connectivity index (χ0n) is 22.0. The van der Waals surface area contributed by atoms with Crippen molar-refractivity contribution < 1.29 is 18.0 Å². The number of rotatable bonds is 10. The number of pyridine rings is 2. The van der Waals surface area contributed by atoms with Crippen LogP contribution in [0.5, 0.6) is 0 Å². The first kappa shape index (κ1) is 28.4. The second kappa shape index (κ2) is 12.5. The summed E-state index contributed by atoms with van der Waals surface area (Å²) in [7, 11) is 0. The molecule has 0 unspecified atom stereocenters. The van der Waals surface area contributed by atoms with Gasteiger partial charge in [-0.3, -0.25) is 19.7 Å². The van der Waals surface area contributed by atoms with E-state index in [2.05, 4.69) is 39.0 Å². The molecular weight excluding hydrogens is 523 g/mol. The second-order valence-corrected chi connectivity index (χ2v) is 10.3. The van der Waals surface area contributed by atoms with Crippen molar-refractivity contribution in [1.29, 1.82) is 0 Å². The van der Waals surface area contributed by atoms with E-state index in [4.69, 9.17) is 0 Å². The lowest BCUT2D eigenvalue weighted by Crippen LogP contribution is -2.30. The predicted octanol–water partition coefficient (Wildman–Crippen LogP) is 6.49. The van der Waals surface area contributed by atoms with E-state index in [9.17, 15) is 18.0 Å². The van der Waals surface area contributed by atoms with E-state index in [0.717, 1.165) is 40.1 Å². The highest BCUT2D eigenvalue weighted by molar-refractivity contribution is 7.17. The van der Waals surface area contributed by atoms with Crippen LogP contribution >= 0.6 is 11.3 Å². The minimum Gasteiger partial charge on any atom is -0.351 e. The number of carbonyl (C=O) groups excluding carboxylic acids is 1. The van der Waals surface area contributed by atoms with E-state index in [0.29, 0.717) is 18.7 Å². The van der Waals surface area contributed by atoms with Gasteiger partial charge in [-0.15, -0.1) is 11.3 Å². The molecule has 0 fully saturated rings. The largest absolute Gasteiger partial charge is 0.435 e. The van der Waals surface area contributed by atoms with Gasteiger partial charge in [0.25, 0.3) is 5.91 Å². The Hall–Kier alpha value is -3.63. The lowest BCUT2D eigenvalue weighted by molar-refractivity contribution is -0.141. The number of alkyl halides is 3. The molecule has 1 N–H and O–H groups in total. The molecule has 39 heavy (non-hydrogen) atoms. The monoisotopic (exact) mass is 553 g/mol. The lowest BCUT2D eigenvalue weighted by atomic mass is 10.0. The first-order valence-electron chi connectivity index (χ1n) is 12.7. The van der Waals surface area contributed by atoms with Crippen molar-refractivity contribution in [3.8, 4) is 21.8 Å². The van der Waals surface area contributed by atoms with Gasteiger partial charge >= 0.3 is 6.18 Å². The third-order valence-corrected chi connectivity index (χ3v) is 7.39. The van der Waals surface area contributed by atoms with Crippen LogP contribution in [-0.2, 0) is 19.1 Å². The molecule has 0 aliphatic carbocycles. The third-order valence-electron chi connectivity index (χ3n) is 6.33. The fraction of sp³-hybridized carbons (Fsp3) is 0.310. The third kappa shape index (κ3) is 7.07. The van der Waals surface area contributed by atoms with Crippen molar-refractivity contribution in [2.75, 3.05) is 13.1 Å². The average Bonchev–Trinajstić information content (AvgIpc) is 3.39. The van der Waals surface area contributed by atoms with Crippen LogP contribution < -0.4 is 5.32 Å². The maximum Gasteiger partial charge on any atom is 0.435 e. The van der Waals surface area contributed by atoms with Gasteiger partial charge in [0.05, 0.1) is 0 Å². The number of benzene rings is 1. The SMILES string of the molecule is CCN(Cc1cccnc1-c1nc(C(F)(F)F)c(C(=O)NCCc2cccc(-c3cccnc3)c2)s1)C(C)C. The Morgan fingerprint density at radius 3 is 2.54 bits per heavy atom. The summed E-state index contributed by atoms with van der Waals surface area (Å²) in [6.07, 6.45) is 0.666.